The van der Waals surface area contributed by atoms with Crippen LogP contribution in [0, 0.1) is 13.8 Å². The van der Waals surface area contributed by atoms with Gasteiger partial charge in [-0.15, -0.1) is 0 Å². The largest absolute Gasteiger partial charge is 0.442 e. The summed E-state index contributed by atoms with van der Waals surface area (Å²) >= 11 is 0. The number of hydrogen-bond donors (Lipinski definition) is 6. The third-order valence-corrected chi connectivity index (χ3v) is 10.2. The molecule has 1 aliphatic rings. The molecule has 14 heteroatoms. The van der Waals surface area contributed by atoms with Crippen molar-refractivity contribution in [3.63, 3.8) is 0 Å². The molecule has 0 bridgehead atoms. The van der Waals surface area contributed by atoms with Gasteiger partial charge in [-0.05, 0) is 117 Å². The zero-order valence-corrected chi connectivity index (χ0v) is 32.4. The number of sulfone groups is 1. The monoisotopic (exact) mass is 796 g/mol. The van der Waals surface area contributed by atoms with Gasteiger partial charge in [0, 0.05) is 34.1 Å². The maximum atomic E-state index is 13.9. The van der Waals surface area contributed by atoms with Crippen molar-refractivity contribution in [2.45, 2.75) is 25.2 Å². The van der Waals surface area contributed by atoms with Gasteiger partial charge in [-0.1, -0.05) is 66.7 Å². The molecule has 0 heterocycles. The fraction of sp³-hybridized carbons (Fsp3) is 0.0682. The minimum absolute atomic E-state index is 0.0498. The molecule has 0 unspecified atom stereocenters. The number of hydrogen-bond acceptors (Lipinski definition) is 8. The average Bonchev–Trinajstić information content (AvgIpc) is 3.44. The minimum atomic E-state index is -4.10. The molecule has 0 spiro atoms. The molecule has 0 aromatic heterocycles. The van der Waals surface area contributed by atoms with E-state index in [1.807, 2.05) is 31.2 Å². The lowest BCUT2D eigenvalue weighted by Gasteiger charge is -2.15. The van der Waals surface area contributed by atoms with Gasteiger partial charge in [0.05, 0.1) is 9.80 Å². The zero-order chi connectivity index (χ0) is 41.1. The molecule has 5 aromatic carbocycles. The predicted molar refractivity (Wildman–Crippen MR) is 227 cm³/mol. The summed E-state index contributed by atoms with van der Waals surface area (Å²) in [5.74, 6) is 1.29. The maximum Gasteiger partial charge on any atom is 0.417 e. The van der Waals surface area contributed by atoms with Gasteiger partial charge >= 0.3 is 18.2 Å². The Morgan fingerprint density at radius 1 is 0.603 bits per heavy atom. The molecule has 13 nitrogen and oxygen atoms in total. The molecule has 0 saturated carbocycles. The first-order valence-corrected chi connectivity index (χ1v) is 19.4. The molecule has 0 atom stereocenters. The van der Waals surface area contributed by atoms with Crippen molar-refractivity contribution in [3.8, 4) is 11.5 Å². The Morgan fingerprint density at radius 3 is 1.83 bits per heavy atom. The van der Waals surface area contributed by atoms with Gasteiger partial charge < -0.3 is 36.1 Å². The van der Waals surface area contributed by atoms with Gasteiger partial charge in [0.25, 0.3) is 0 Å². The SMILES string of the molecule is C=C(Nc1cc(NC(=O)Nc2cccc(S(=O)(=O)C3=CCC=CC(NC(=O)Nc4cc(NC(=O)Oc5ccccc5)ccc4C)=C3)c2)ccc1C)Oc1ccccc1. The normalized spacial score (nSPS) is 12.1. The lowest BCUT2D eigenvalue weighted by molar-refractivity contribution is 0.215. The number of nitrogens with one attached hydrogen (secondary N) is 6. The average molecular weight is 797 g/mol. The van der Waals surface area contributed by atoms with E-state index < -0.39 is 28.0 Å². The van der Waals surface area contributed by atoms with Crippen molar-refractivity contribution in [3.05, 3.63) is 180 Å². The van der Waals surface area contributed by atoms with Crippen LogP contribution in [0.5, 0.6) is 11.5 Å². The van der Waals surface area contributed by atoms with E-state index in [0.717, 1.165) is 5.56 Å². The Balaban J connectivity index is 1.07. The first-order chi connectivity index (χ1) is 27.9. The summed E-state index contributed by atoms with van der Waals surface area (Å²) in [7, 11) is -4.10. The molecule has 0 saturated heterocycles. The molecular formula is C44H40N6O7S. The number of ether oxygens (including phenoxy) is 2. The Hall–Kier alpha value is -7.58. The van der Waals surface area contributed by atoms with E-state index in [1.54, 1.807) is 97.9 Å². The Kier molecular flexibility index (Phi) is 12.7. The Bertz CT molecular complexity index is 2550. The second kappa shape index (κ2) is 18.4. The molecule has 6 N–H and O–H groups in total. The molecule has 5 aromatic rings. The highest BCUT2D eigenvalue weighted by atomic mass is 32.2. The molecule has 6 rings (SSSR count). The summed E-state index contributed by atoms with van der Waals surface area (Å²) in [5, 5.41) is 16.6. The van der Waals surface area contributed by atoms with Crippen molar-refractivity contribution in [1.82, 2.24) is 5.32 Å². The molecule has 5 amide bonds. The number of para-hydroxylation sites is 2. The van der Waals surface area contributed by atoms with Crippen LogP contribution in [0.3, 0.4) is 0 Å². The number of benzene rings is 5. The number of carbonyl (C=O) groups excluding carboxylic acids is 3. The highest BCUT2D eigenvalue weighted by Crippen LogP contribution is 2.27. The van der Waals surface area contributed by atoms with E-state index in [2.05, 4.69) is 38.5 Å². The van der Waals surface area contributed by atoms with E-state index >= 15 is 0 Å². The van der Waals surface area contributed by atoms with Gasteiger partial charge in [-0.3, -0.25) is 5.32 Å². The van der Waals surface area contributed by atoms with Crippen LogP contribution in [0.25, 0.3) is 0 Å². The van der Waals surface area contributed by atoms with Crippen LogP contribution in [0.4, 0.5) is 42.8 Å². The van der Waals surface area contributed by atoms with Gasteiger partial charge in [0.15, 0.2) is 5.88 Å². The fourth-order valence-corrected chi connectivity index (χ4v) is 6.98. The highest BCUT2D eigenvalue weighted by molar-refractivity contribution is 7.95. The van der Waals surface area contributed by atoms with Crippen LogP contribution in [0.1, 0.15) is 17.5 Å². The van der Waals surface area contributed by atoms with E-state index in [9.17, 15) is 22.8 Å². The van der Waals surface area contributed by atoms with Crippen LogP contribution < -0.4 is 41.4 Å². The molecular weight excluding hydrogens is 757 g/mol. The first kappa shape index (κ1) is 40.1. The van der Waals surface area contributed by atoms with Gasteiger partial charge in [0.2, 0.25) is 9.84 Å². The third-order valence-electron chi connectivity index (χ3n) is 8.46. The van der Waals surface area contributed by atoms with Gasteiger partial charge in [-0.25, -0.2) is 22.8 Å². The fourth-order valence-electron chi connectivity index (χ4n) is 5.57. The lowest BCUT2D eigenvalue weighted by Crippen LogP contribution is -2.28. The van der Waals surface area contributed by atoms with E-state index in [4.69, 9.17) is 9.47 Å². The van der Waals surface area contributed by atoms with Crippen LogP contribution in [0.2, 0.25) is 0 Å². The van der Waals surface area contributed by atoms with Gasteiger partial charge in [0.1, 0.15) is 11.5 Å². The number of rotatable bonds is 12. The molecule has 1 aliphatic carbocycles. The van der Waals surface area contributed by atoms with Gasteiger partial charge in [-0.2, -0.15) is 0 Å². The predicted octanol–water partition coefficient (Wildman–Crippen LogP) is 9.84. The molecule has 0 fully saturated rings. The summed E-state index contributed by atoms with van der Waals surface area (Å²) < 4.78 is 38.8. The van der Waals surface area contributed by atoms with Crippen molar-refractivity contribution in [1.29, 1.82) is 0 Å². The molecule has 0 aliphatic heterocycles. The van der Waals surface area contributed by atoms with Crippen LogP contribution in [0.15, 0.2) is 174 Å². The zero-order valence-electron chi connectivity index (χ0n) is 31.5. The summed E-state index contributed by atoms with van der Waals surface area (Å²) in [5.41, 5.74) is 3.98. The highest BCUT2D eigenvalue weighted by Gasteiger charge is 2.22. The van der Waals surface area contributed by atoms with Crippen LogP contribution >= 0.6 is 0 Å². The quantitative estimate of drug-likeness (QED) is 0.0676. The lowest BCUT2D eigenvalue weighted by atomic mass is 10.2. The standard InChI is InChI=1S/C44H40N6O7S/c1-29-21-23-34(27-40(29)45-31(3)56-36-15-6-4-7-16-36)48-42(51)46-33-14-12-20-39(26-33)58(54,55)38-19-11-10-13-32(25-38)47-43(52)50-41-28-35(24-22-30(41)2)49-44(53)57-37-17-8-5-9-18-37/h4-10,12-28,45H,3,11H2,1-2H3,(H,49,53)(H2,46,48,51)(H2,47,50,52). The number of amides is 5. The maximum absolute atomic E-state index is 13.9. The van der Waals surface area contributed by atoms with Crippen molar-refractivity contribution >= 4 is 56.4 Å². The topological polar surface area (TPSA) is 176 Å². The number of aryl methyl sites for hydroxylation is 2. The summed E-state index contributed by atoms with van der Waals surface area (Å²) in [6.07, 6.45) is 5.78. The summed E-state index contributed by atoms with van der Waals surface area (Å²) in [4.78, 5) is 38.5. The summed E-state index contributed by atoms with van der Waals surface area (Å²) in [6.45, 7) is 7.60. The first-order valence-electron chi connectivity index (χ1n) is 17.9. The number of allylic oxidation sites excluding steroid dienone is 4. The van der Waals surface area contributed by atoms with E-state index in [0.29, 0.717) is 45.7 Å². The third kappa shape index (κ3) is 11.0. The molecule has 294 valence electrons. The Labute approximate surface area is 336 Å². The molecule has 0 radical (unpaired) electrons. The second-order valence-electron chi connectivity index (χ2n) is 12.9. The number of anilines is 5. The van der Waals surface area contributed by atoms with Crippen molar-refractivity contribution < 1.29 is 32.3 Å². The van der Waals surface area contributed by atoms with Crippen molar-refractivity contribution in [2.24, 2.45) is 0 Å². The van der Waals surface area contributed by atoms with Crippen LogP contribution in [-0.2, 0) is 9.84 Å². The van der Waals surface area contributed by atoms with E-state index in [1.165, 1.54) is 30.4 Å². The Morgan fingerprint density at radius 2 is 1.17 bits per heavy atom. The number of urea groups is 2. The van der Waals surface area contributed by atoms with Crippen molar-refractivity contribution in [2.75, 3.05) is 26.6 Å². The minimum Gasteiger partial charge on any atom is -0.442 e. The number of carbonyl (C=O) groups is 3. The smallest absolute Gasteiger partial charge is 0.417 e. The van der Waals surface area contributed by atoms with Crippen LogP contribution in [-0.4, -0.2) is 26.6 Å². The van der Waals surface area contributed by atoms with E-state index in [-0.39, 0.29) is 27.6 Å². The summed E-state index contributed by atoms with van der Waals surface area (Å²) in [6, 6.07) is 32.6. The second-order valence-corrected chi connectivity index (χ2v) is 14.8. The molecule has 58 heavy (non-hydrogen) atoms.